The van der Waals surface area contributed by atoms with Gasteiger partial charge in [-0.15, -0.1) is 0 Å². The fourth-order valence-corrected chi connectivity index (χ4v) is 1.30. The van der Waals surface area contributed by atoms with Crippen molar-refractivity contribution in [2.45, 2.75) is 41.2 Å². The van der Waals surface area contributed by atoms with Gasteiger partial charge in [0.05, 0.1) is 14.1 Å². The third-order valence-corrected chi connectivity index (χ3v) is 1.98. The summed E-state index contributed by atoms with van der Waals surface area (Å²) in [5.74, 6) is -0.0862. The van der Waals surface area contributed by atoms with E-state index in [-0.39, 0.29) is 11.5 Å². The van der Waals surface area contributed by atoms with Gasteiger partial charge in [-0.3, -0.25) is 0 Å². The smallest absolute Gasteiger partial charge is 0.157 e. The highest BCUT2D eigenvalue weighted by molar-refractivity contribution is 5.44. The van der Waals surface area contributed by atoms with Gasteiger partial charge in [-0.2, -0.15) is 0 Å². The highest BCUT2D eigenvalue weighted by Gasteiger charge is 2.07. The Kier molecular flexibility index (Phi) is 10.6. The van der Waals surface area contributed by atoms with E-state index in [4.69, 9.17) is 0 Å². The van der Waals surface area contributed by atoms with Gasteiger partial charge in [0.25, 0.3) is 0 Å². The fraction of sp³-hybridized carbons (Fsp3) is 0.571. The molecular weight excluding hydrogens is 214 g/mol. The molecule has 0 saturated heterocycles. The quantitative estimate of drug-likeness (QED) is 0.695. The molecule has 0 fully saturated rings. The molecule has 3 N–H and O–H groups in total. The summed E-state index contributed by atoms with van der Waals surface area (Å²) in [5, 5.41) is 18.5. The van der Waals surface area contributed by atoms with Crippen molar-refractivity contribution < 1.29 is 15.1 Å². The molecule has 0 aliphatic carbocycles. The average molecular weight is 242 g/mol. The lowest BCUT2D eigenvalue weighted by atomic mass is 10.1. The lowest BCUT2D eigenvalue weighted by molar-refractivity contribution is -0.872. The number of quaternary nitrogens is 1. The van der Waals surface area contributed by atoms with Crippen molar-refractivity contribution in [2.75, 3.05) is 14.1 Å². The Hall–Kier alpha value is -1.22. The van der Waals surface area contributed by atoms with E-state index in [1.807, 2.05) is 48.7 Å². The first-order chi connectivity index (χ1) is 8.00. The van der Waals surface area contributed by atoms with Crippen LogP contribution in [0.1, 0.15) is 38.8 Å². The SMILES string of the molecule is CC.CC.Cc1cc(O)c(O)cc1C[NH+](C)C. The number of phenols is 2. The lowest BCUT2D eigenvalue weighted by Crippen LogP contribution is -3.04. The zero-order valence-corrected chi connectivity index (χ0v) is 12.3. The Balaban J connectivity index is 0. The van der Waals surface area contributed by atoms with Crippen LogP contribution in [0.15, 0.2) is 12.1 Å². The molecule has 0 aromatic heterocycles. The summed E-state index contributed by atoms with van der Waals surface area (Å²) in [6.45, 7) is 10.8. The van der Waals surface area contributed by atoms with Crippen LogP contribution in [0.5, 0.6) is 11.5 Å². The second-order valence-corrected chi connectivity index (χ2v) is 3.65. The van der Waals surface area contributed by atoms with Crippen LogP contribution >= 0.6 is 0 Å². The Morgan fingerprint density at radius 1 is 0.941 bits per heavy atom. The second-order valence-electron chi connectivity index (χ2n) is 3.65. The molecule has 0 aliphatic heterocycles. The molecule has 3 heteroatoms. The summed E-state index contributed by atoms with van der Waals surface area (Å²) in [4.78, 5) is 1.29. The average Bonchev–Trinajstić information content (AvgIpc) is 2.31. The van der Waals surface area contributed by atoms with Crippen LogP contribution in [0.4, 0.5) is 0 Å². The minimum atomic E-state index is -0.0463. The number of hydrogen-bond acceptors (Lipinski definition) is 2. The molecule has 0 radical (unpaired) electrons. The maximum absolute atomic E-state index is 9.28. The molecule has 0 amide bonds. The predicted molar refractivity (Wildman–Crippen MR) is 73.7 cm³/mol. The van der Waals surface area contributed by atoms with Crippen LogP contribution in [-0.4, -0.2) is 24.3 Å². The van der Waals surface area contributed by atoms with Gasteiger partial charge in [0.2, 0.25) is 0 Å². The molecule has 0 atom stereocenters. The van der Waals surface area contributed by atoms with Crippen LogP contribution < -0.4 is 4.90 Å². The van der Waals surface area contributed by atoms with E-state index < -0.39 is 0 Å². The molecule has 1 rings (SSSR count). The molecule has 0 saturated carbocycles. The van der Waals surface area contributed by atoms with Crippen molar-refractivity contribution in [3.05, 3.63) is 23.3 Å². The van der Waals surface area contributed by atoms with Gasteiger partial charge < -0.3 is 15.1 Å². The van der Waals surface area contributed by atoms with Gasteiger partial charge in [-0.1, -0.05) is 27.7 Å². The number of rotatable bonds is 2. The van der Waals surface area contributed by atoms with Gasteiger partial charge >= 0.3 is 0 Å². The molecular formula is C14H28NO2+. The van der Waals surface area contributed by atoms with Crippen LogP contribution in [-0.2, 0) is 6.54 Å². The zero-order chi connectivity index (χ0) is 14.0. The summed E-state index contributed by atoms with van der Waals surface area (Å²) in [7, 11) is 4.09. The summed E-state index contributed by atoms with van der Waals surface area (Å²) in [6.07, 6.45) is 0. The van der Waals surface area contributed by atoms with E-state index in [1.54, 1.807) is 12.1 Å². The number of phenolic OH excluding ortho intramolecular Hbond substituents is 2. The van der Waals surface area contributed by atoms with Gasteiger partial charge in [0, 0.05) is 5.56 Å². The molecule has 100 valence electrons. The highest BCUT2D eigenvalue weighted by Crippen LogP contribution is 2.27. The maximum Gasteiger partial charge on any atom is 0.157 e. The predicted octanol–water partition coefficient (Wildman–Crippen LogP) is 2.10. The Morgan fingerprint density at radius 3 is 1.76 bits per heavy atom. The zero-order valence-electron chi connectivity index (χ0n) is 12.3. The van der Waals surface area contributed by atoms with Crippen molar-refractivity contribution in [1.29, 1.82) is 0 Å². The van der Waals surface area contributed by atoms with Crippen LogP contribution in [0, 0.1) is 6.92 Å². The number of nitrogens with one attached hydrogen (secondary N) is 1. The van der Waals surface area contributed by atoms with Crippen LogP contribution in [0.25, 0.3) is 0 Å². The molecule has 1 aromatic carbocycles. The first-order valence-corrected chi connectivity index (χ1v) is 6.31. The molecule has 0 aliphatic rings. The van der Waals surface area contributed by atoms with Crippen molar-refractivity contribution in [3.8, 4) is 11.5 Å². The fourth-order valence-electron chi connectivity index (χ4n) is 1.30. The number of aryl methyl sites for hydroxylation is 1. The Morgan fingerprint density at radius 2 is 1.35 bits per heavy atom. The number of hydrogen-bond donors (Lipinski definition) is 3. The van der Waals surface area contributed by atoms with Gasteiger partial charge in [-0.05, 0) is 24.6 Å². The van der Waals surface area contributed by atoms with Crippen LogP contribution in [0.2, 0.25) is 0 Å². The molecule has 0 bridgehead atoms. The topological polar surface area (TPSA) is 44.9 Å². The van der Waals surface area contributed by atoms with Crippen molar-refractivity contribution in [2.24, 2.45) is 0 Å². The standard InChI is InChI=1S/C10H15NO2.2C2H6/c1-7-4-9(12)10(13)5-8(7)6-11(2)3;2*1-2/h4-5,12-13H,6H2,1-3H3;2*1-2H3/p+1. The summed E-state index contributed by atoms with van der Waals surface area (Å²) in [5.41, 5.74) is 2.08. The minimum absolute atomic E-state index is 0.0400. The van der Waals surface area contributed by atoms with E-state index in [1.165, 1.54) is 4.90 Å². The van der Waals surface area contributed by atoms with Gasteiger partial charge in [0.1, 0.15) is 6.54 Å². The Labute approximate surface area is 106 Å². The number of aromatic hydroxyl groups is 2. The van der Waals surface area contributed by atoms with E-state index >= 15 is 0 Å². The molecule has 3 nitrogen and oxygen atoms in total. The van der Waals surface area contributed by atoms with Crippen molar-refractivity contribution in [1.82, 2.24) is 0 Å². The molecule has 17 heavy (non-hydrogen) atoms. The van der Waals surface area contributed by atoms with Gasteiger partial charge in [-0.25, -0.2) is 0 Å². The van der Waals surface area contributed by atoms with E-state index in [0.29, 0.717) is 0 Å². The minimum Gasteiger partial charge on any atom is -0.504 e. The van der Waals surface area contributed by atoms with Crippen molar-refractivity contribution in [3.63, 3.8) is 0 Å². The summed E-state index contributed by atoms with van der Waals surface area (Å²) < 4.78 is 0. The monoisotopic (exact) mass is 242 g/mol. The van der Waals surface area contributed by atoms with Crippen LogP contribution in [0.3, 0.4) is 0 Å². The largest absolute Gasteiger partial charge is 0.504 e. The first kappa shape index (κ1) is 18.2. The van der Waals surface area contributed by atoms with E-state index in [9.17, 15) is 10.2 Å². The third-order valence-electron chi connectivity index (χ3n) is 1.98. The van der Waals surface area contributed by atoms with E-state index in [2.05, 4.69) is 0 Å². The summed E-state index contributed by atoms with van der Waals surface area (Å²) >= 11 is 0. The molecule has 0 unspecified atom stereocenters. The Bertz CT molecular complexity index is 309. The molecule has 0 heterocycles. The number of benzene rings is 1. The van der Waals surface area contributed by atoms with E-state index in [0.717, 1.165) is 17.7 Å². The maximum atomic E-state index is 9.28. The lowest BCUT2D eigenvalue weighted by Gasteiger charge is -2.10. The third kappa shape index (κ3) is 6.84. The molecule has 0 spiro atoms. The van der Waals surface area contributed by atoms with Crippen molar-refractivity contribution >= 4 is 0 Å². The normalized spacial score (nSPS) is 8.94. The van der Waals surface area contributed by atoms with Gasteiger partial charge in [0.15, 0.2) is 11.5 Å². The second kappa shape index (κ2) is 9.97. The molecule has 1 aromatic rings. The first-order valence-electron chi connectivity index (χ1n) is 6.31. The summed E-state index contributed by atoms with van der Waals surface area (Å²) in [6, 6.07) is 3.21. The highest BCUT2D eigenvalue weighted by atomic mass is 16.3.